The predicted molar refractivity (Wildman–Crippen MR) is 86.6 cm³/mol. The lowest BCUT2D eigenvalue weighted by Gasteiger charge is -2.24. The standard InChI is InChI=1S/C14H17IN4/c1-11-5-2-3-6-13(11)19(8-4-7-16)14-17-9-12(15)10-18-14/h2-3,5-6,9-10H,4,7-8,16H2,1H3. The van der Waals surface area contributed by atoms with Gasteiger partial charge < -0.3 is 10.6 Å². The van der Waals surface area contributed by atoms with E-state index < -0.39 is 0 Å². The van der Waals surface area contributed by atoms with Crippen LogP contribution < -0.4 is 10.6 Å². The summed E-state index contributed by atoms with van der Waals surface area (Å²) in [5, 5.41) is 0. The minimum absolute atomic E-state index is 0.659. The number of rotatable bonds is 5. The molecule has 0 radical (unpaired) electrons. The number of nitrogens with two attached hydrogens (primary N) is 1. The maximum Gasteiger partial charge on any atom is 0.229 e. The molecule has 2 rings (SSSR count). The van der Waals surface area contributed by atoms with Gasteiger partial charge in [-0.1, -0.05) is 18.2 Å². The third-order valence-electron chi connectivity index (χ3n) is 2.84. The summed E-state index contributed by atoms with van der Waals surface area (Å²) in [5.74, 6) is 0.725. The van der Waals surface area contributed by atoms with Gasteiger partial charge in [-0.05, 0) is 54.1 Å². The fraction of sp³-hybridized carbons (Fsp3) is 0.286. The van der Waals surface area contributed by atoms with Crippen LogP contribution in [0.1, 0.15) is 12.0 Å². The zero-order valence-corrected chi connectivity index (χ0v) is 13.0. The van der Waals surface area contributed by atoms with Crippen molar-refractivity contribution in [1.29, 1.82) is 0 Å². The molecule has 0 atom stereocenters. The maximum atomic E-state index is 5.63. The van der Waals surface area contributed by atoms with Crippen LogP contribution in [0.4, 0.5) is 11.6 Å². The van der Waals surface area contributed by atoms with Crippen molar-refractivity contribution in [2.45, 2.75) is 13.3 Å². The summed E-state index contributed by atoms with van der Waals surface area (Å²) in [4.78, 5) is 11.0. The lowest BCUT2D eigenvalue weighted by molar-refractivity contribution is 0.797. The maximum absolute atomic E-state index is 5.63. The molecule has 0 aliphatic heterocycles. The zero-order chi connectivity index (χ0) is 13.7. The molecular weight excluding hydrogens is 351 g/mol. The molecule has 0 saturated heterocycles. The van der Waals surface area contributed by atoms with Crippen LogP contribution >= 0.6 is 22.6 Å². The van der Waals surface area contributed by atoms with Gasteiger partial charge in [0.2, 0.25) is 5.95 Å². The van der Waals surface area contributed by atoms with E-state index in [2.05, 4.69) is 56.5 Å². The van der Waals surface area contributed by atoms with Crippen molar-refractivity contribution in [3.8, 4) is 0 Å². The molecule has 4 nitrogen and oxygen atoms in total. The van der Waals surface area contributed by atoms with Crippen LogP contribution in [0.3, 0.4) is 0 Å². The normalized spacial score (nSPS) is 10.5. The Balaban J connectivity index is 2.35. The summed E-state index contributed by atoms with van der Waals surface area (Å²) in [6.45, 7) is 3.58. The van der Waals surface area contributed by atoms with E-state index in [-0.39, 0.29) is 0 Å². The van der Waals surface area contributed by atoms with Crippen LogP contribution in [0.5, 0.6) is 0 Å². The van der Waals surface area contributed by atoms with Gasteiger partial charge >= 0.3 is 0 Å². The third kappa shape index (κ3) is 3.63. The van der Waals surface area contributed by atoms with Gasteiger partial charge in [-0.15, -0.1) is 0 Å². The van der Waals surface area contributed by atoms with Crippen molar-refractivity contribution in [3.05, 3.63) is 45.8 Å². The number of hydrogen-bond acceptors (Lipinski definition) is 4. The summed E-state index contributed by atoms with van der Waals surface area (Å²) in [5.41, 5.74) is 7.97. The van der Waals surface area contributed by atoms with E-state index in [0.29, 0.717) is 6.54 Å². The zero-order valence-electron chi connectivity index (χ0n) is 10.9. The average molecular weight is 368 g/mol. The second-order valence-electron chi connectivity index (χ2n) is 4.28. The lowest BCUT2D eigenvalue weighted by Crippen LogP contribution is -2.23. The number of nitrogens with zero attached hydrogens (tertiary/aromatic N) is 3. The van der Waals surface area contributed by atoms with Gasteiger partial charge in [0.1, 0.15) is 0 Å². The molecule has 5 heteroatoms. The van der Waals surface area contributed by atoms with Crippen molar-refractivity contribution >= 4 is 34.2 Å². The molecular formula is C14H17IN4. The quantitative estimate of drug-likeness (QED) is 0.825. The first-order valence-electron chi connectivity index (χ1n) is 6.23. The highest BCUT2D eigenvalue weighted by atomic mass is 127. The number of halogens is 1. The molecule has 1 heterocycles. The van der Waals surface area contributed by atoms with Crippen LogP contribution in [0.2, 0.25) is 0 Å². The first-order chi connectivity index (χ1) is 9.22. The molecule has 0 bridgehead atoms. The highest BCUT2D eigenvalue weighted by Gasteiger charge is 2.13. The van der Waals surface area contributed by atoms with E-state index in [9.17, 15) is 0 Å². The van der Waals surface area contributed by atoms with Gasteiger partial charge in [0.25, 0.3) is 0 Å². The van der Waals surface area contributed by atoms with Crippen molar-refractivity contribution in [3.63, 3.8) is 0 Å². The minimum atomic E-state index is 0.659. The van der Waals surface area contributed by atoms with Crippen LogP contribution in [0.25, 0.3) is 0 Å². The molecule has 0 amide bonds. The van der Waals surface area contributed by atoms with Gasteiger partial charge in [0, 0.05) is 28.2 Å². The first-order valence-corrected chi connectivity index (χ1v) is 7.31. The van der Waals surface area contributed by atoms with Crippen molar-refractivity contribution in [2.75, 3.05) is 18.0 Å². The molecule has 0 saturated carbocycles. The fourth-order valence-corrected chi connectivity index (χ4v) is 2.17. The molecule has 0 fully saturated rings. The van der Waals surface area contributed by atoms with Crippen LogP contribution in [-0.4, -0.2) is 23.1 Å². The van der Waals surface area contributed by atoms with E-state index in [1.807, 2.05) is 24.5 Å². The van der Waals surface area contributed by atoms with E-state index >= 15 is 0 Å². The molecule has 0 spiro atoms. The van der Waals surface area contributed by atoms with Gasteiger partial charge in [-0.3, -0.25) is 0 Å². The Bertz CT molecular complexity index is 527. The van der Waals surface area contributed by atoms with Gasteiger partial charge in [-0.25, -0.2) is 9.97 Å². The minimum Gasteiger partial charge on any atom is -0.330 e. The molecule has 0 aliphatic rings. The second-order valence-corrected chi connectivity index (χ2v) is 5.53. The topological polar surface area (TPSA) is 55.0 Å². The summed E-state index contributed by atoms with van der Waals surface area (Å²) >= 11 is 2.21. The number of aromatic nitrogens is 2. The molecule has 0 aliphatic carbocycles. The molecule has 1 aromatic heterocycles. The Labute approximate surface area is 127 Å². The molecule has 2 N–H and O–H groups in total. The van der Waals surface area contributed by atoms with Crippen molar-refractivity contribution < 1.29 is 0 Å². The Hall–Kier alpha value is -1.21. The number of aryl methyl sites for hydroxylation is 1. The summed E-state index contributed by atoms with van der Waals surface area (Å²) in [7, 11) is 0. The van der Waals surface area contributed by atoms with Crippen molar-refractivity contribution in [1.82, 2.24) is 9.97 Å². The highest BCUT2D eigenvalue weighted by molar-refractivity contribution is 14.1. The molecule has 2 aromatic rings. The van der Waals surface area contributed by atoms with Crippen molar-refractivity contribution in [2.24, 2.45) is 5.73 Å². The Kier molecular flexibility index (Phi) is 5.09. The Morgan fingerprint density at radius 3 is 2.53 bits per heavy atom. The summed E-state index contributed by atoms with van der Waals surface area (Å²) in [6, 6.07) is 8.25. The number of benzene rings is 1. The monoisotopic (exact) mass is 368 g/mol. The predicted octanol–water partition coefficient (Wildman–Crippen LogP) is 2.88. The number of para-hydroxylation sites is 1. The fourth-order valence-electron chi connectivity index (χ4n) is 1.89. The van der Waals surface area contributed by atoms with Crippen LogP contribution in [-0.2, 0) is 0 Å². The SMILES string of the molecule is Cc1ccccc1N(CCCN)c1ncc(I)cn1. The Morgan fingerprint density at radius 2 is 1.89 bits per heavy atom. The third-order valence-corrected chi connectivity index (χ3v) is 3.40. The molecule has 1 aromatic carbocycles. The Morgan fingerprint density at radius 1 is 1.21 bits per heavy atom. The van der Waals surface area contributed by atoms with E-state index in [1.54, 1.807) is 0 Å². The smallest absolute Gasteiger partial charge is 0.229 e. The van der Waals surface area contributed by atoms with Gasteiger partial charge in [0.05, 0.1) is 0 Å². The van der Waals surface area contributed by atoms with Gasteiger partial charge in [-0.2, -0.15) is 0 Å². The highest BCUT2D eigenvalue weighted by Crippen LogP contribution is 2.25. The van der Waals surface area contributed by atoms with Gasteiger partial charge in [0.15, 0.2) is 0 Å². The number of hydrogen-bond donors (Lipinski definition) is 1. The van der Waals surface area contributed by atoms with Crippen LogP contribution in [0, 0.1) is 10.5 Å². The average Bonchev–Trinajstić information content (AvgIpc) is 2.43. The van der Waals surface area contributed by atoms with E-state index in [0.717, 1.165) is 28.2 Å². The largest absolute Gasteiger partial charge is 0.330 e. The molecule has 100 valence electrons. The van der Waals surface area contributed by atoms with E-state index in [4.69, 9.17) is 5.73 Å². The van der Waals surface area contributed by atoms with Crippen LogP contribution in [0.15, 0.2) is 36.7 Å². The lowest BCUT2D eigenvalue weighted by atomic mass is 10.2. The first kappa shape index (κ1) is 14.2. The summed E-state index contributed by atoms with van der Waals surface area (Å²) < 4.78 is 1.03. The van der Waals surface area contributed by atoms with E-state index in [1.165, 1.54) is 5.56 Å². The molecule has 0 unspecified atom stereocenters. The second kappa shape index (κ2) is 6.81. The summed E-state index contributed by atoms with van der Waals surface area (Å²) in [6.07, 6.45) is 4.57. The number of anilines is 2. The molecule has 19 heavy (non-hydrogen) atoms.